The number of halogens is 12. The number of hydrogen-bond donors (Lipinski definition) is 0. The zero-order valence-corrected chi connectivity index (χ0v) is 27.4. The highest BCUT2D eigenvalue weighted by molar-refractivity contribution is 5.76. The molecule has 1 saturated carbocycles. The summed E-state index contributed by atoms with van der Waals surface area (Å²) in [7, 11) is 0. The van der Waals surface area contributed by atoms with E-state index in [0.29, 0.717) is 0 Å². The van der Waals surface area contributed by atoms with E-state index >= 15 is 0 Å². The van der Waals surface area contributed by atoms with Crippen molar-refractivity contribution < 1.29 is 90.8 Å². The predicted molar refractivity (Wildman–Crippen MR) is 139 cm³/mol. The molecule has 0 N–H and O–H groups in total. The van der Waals surface area contributed by atoms with Crippen LogP contribution in [0.25, 0.3) is 0 Å². The summed E-state index contributed by atoms with van der Waals surface area (Å²) in [4.78, 5) is 37.5. The summed E-state index contributed by atoms with van der Waals surface area (Å²) in [5.41, 5.74) is -16.8. The molecule has 0 spiro atoms. The molecule has 8 nitrogen and oxygen atoms in total. The van der Waals surface area contributed by atoms with Crippen molar-refractivity contribution in [2.24, 2.45) is 17.3 Å². The molecule has 1 rings (SSSR count). The fourth-order valence-corrected chi connectivity index (χ4v) is 4.93. The van der Waals surface area contributed by atoms with Gasteiger partial charge in [0, 0.05) is 11.8 Å². The molecule has 1 aliphatic rings. The highest BCUT2D eigenvalue weighted by Crippen LogP contribution is 2.60. The first-order chi connectivity index (χ1) is 21.0. The average Bonchev–Trinajstić information content (AvgIpc) is 2.80. The lowest BCUT2D eigenvalue weighted by Gasteiger charge is -2.50. The highest BCUT2D eigenvalue weighted by Gasteiger charge is 2.82. The van der Waals surface area contributed by atoms with E-state index in [-0.39, 0.29) is 6.42 Å². The van der Waals surface area contributed by atoms with Gasteiger partial charge in [-0.25, -0.2) is 9.59 Å². The van der Waals surface area contributed by atoms with Gasteiger partial charge in [0.2, 0.25) is 0 Å². The van der Waals surface area contributed by atoms with E-state index in [2.05, 4.69) is 18.9 Å². The Labute approximate surface area is 268 Å². The molecule has 2 atom stereocenters. The highest BCUT2D eigenvalue weighted by atomic mass is 19.4. The quantitative estimate of drug-likeness (QED) is 0.145. The molecule has 1 aliphatic carbocycles. The molecule has 48 heavy (non-hydrogen) atoms. The van der Waals surface area contributed by atoms with E-state index in [4.69, 9.17) is 4.74 Å². The maximum Gasteiger partial charge on any atom is 0.510 e. The number of alkyl halides is 12. The molecule has 0 bridgehead atoms. The molecule has 0 heterocycles. The van der Waals surface area contributed by atoms with Gasteiger partial charge in [0.05, 0.1) is 5.41 Å². The third-order valence-corrected chi connectivity index (χ3v) is 7.48. The van der Waals surface area contributed by atoms with Crippen LogP contribution in [0.5, 0.6) is 0 Å². The van der Waals surface area contributed by atoms with Crippen LogP contribution in [-0.4, -0.2) is 71.5 Å². The van der Waals surface area contributed by atoms with Gasteiger partial charge in [0.25, 0.3) is 0 Å². The Morgan fingerprint density at radius 2 is 0.812 bits per heavy atom. The van der Waals surface area contributed by atoms with Gasteiger partial charge in [-0.2, -0.15) is 52.7 Å². The SMILES string of the molecule is CCC(C)(C)C(=O)OC1CC(C(OC(=O)OC(C)(C)C)(C(F)(F)F)C(F)(F)F)CC(C(OC(=O)OC(C)(C)C)(C(F)(F)F)C(F)(F)F)C1. The van der Waals surface area contributed by atoms with Gasteiger partial charge >= 0.3 is 54.2 Å². The maximum absolute atomic E-state index is 14.7. The van der Waals surface area contributed by atoms with Crippen LogP contribution in [0, 0.1) is 17.3 Å². The number of carbonyl (C=O) groups is 3. The lowest BCUT2D eigenvalue weighted by Crippen LogP contribution is -2.69. The van der Waals surface area contributed by atoms with Crippen molar-refractivity contribution in [2.45, 2.75) is 141 Å². The zero-order valence-electron chi connectivity index (χ0n) is 27.4. The summed E-state index contributed by atoms with van der Waals surface area (Å²) in [5, 5.41) is 0. The van der Waals surface area contributed by atoms with Gasteiger partial charge in [-0.3, -0.25) is 4.79 Å². The second-order valence-electron chi connectivity index (χ2n) is 14.0. The van der Waals surface area contributed by atoms with Crippen molar-refractivity contribution in [1.82, 2.24) is 0 Å². The summed E-state index contributed by atoms with van der Waals surface area (Å²) in [5.74, 6) is -8.51. The number of rotatable bonds is 7. The van der Waals surface area contributed by atoms with Gasteiger partial charge in [-0.1, -0.05) is 6.92 Å². The molecule has 1 fully saturated rings. The van der Waals surface area contributed by atoms with Crippen molar-refractivity contribution in [3.63, 3.8) is 0 Å². The van der Waals surface area contributed by atoms with Crippen molar-refractivity contribution in [2.75, 3.05) is 0 Å². The van der Waals surface area contributed by atoms with Crippen LogP contribution in [0.4, 0.5) is 62.3 Å². The van der Waals surface area contributed by atoms with Crippen LogP contribution in [0.3, 0.4) is 0 Å². The van der Waals surface area contributed by atoms with Crippen LogP contribution < -0.4 is 0 Å². The molecular weight excluding hydrogens is 692 g/mol. The van der Waals surface area contributed by atoms with Crippen molar-refractivity contribution in [1.29, 1.82) is 0 Å². The molecule has 0 amide bonds. The molecule has 0 aliphatic heterocycles. The smallest absolute Gasteiger partial charge is 0.462 e. The van der Waals surface area contributed by atoms with Crippen LogP contribution in [0.2, 0.25) is 0 Å². The Kier molecular flexibility index (Phi) is 12.1. The van der Waals surface area contributed by atoms with Crippen molar-refractivity contribution in [3.8, 4) is 0 Å². The Morgan fingerprint density at radius 3 is 1.04 bits per heavy atom. The maximum atomic E-state index is 14.7. The third-order valence-electron chi connectivity index (χ3n) is 7.48. The molecule has 0 radical (unpaired) electrons. The van der Waals surface area contributed by atoms with Crippen LogP contribution in [0.1, 0.15) is 88.0 Å². The first-order valence-corrected chi connectivity index (χ1v) is 14.3. The molecule has 0 aromatic rings. The van der Waals surface area contributed by atoms with Gasteiger partial charge in [0.1, 0.15) is 17.3 Å². The Balaban J connectivity index is 4.20. The first kappa shape index (κ1) is 43.2. The van der Waals surface area contributed by atoms with E-state index in [1.165, 1.54) is 20.8 Å². The zero-order chi connectivity index (χ0) is 38.3. The molecule has 0 aromatic carbocycles. The summed E-state index contributed by atoms with van der Waals surface area (Å²) in [6.07, 6.45) is -40.7. The monoisotopic (exact) mass is 730 g/mol. The minimum Gasteiger partial charge on any atom is -0.462 e. The van der Waals surface area contributed by atoms with Gasteiger partial charge in [0.15, 0.2) is 0 Å². The Morgan fingerprint density at radius 1 is 0.521 bits per heavy atom. The lowest BCUT2D eigenvalue weighted by atomic mass is 9.65. The molecule has 20 heteroatoms. The molecule has 282 valence electrons. The summed E-state index contributed by atoms with van der Waals surface area (Å²) in [6, 6.07) is 0. The fraction of sp³-hybridized carbons (Fsp3) is 0.893. The van der Waals surface area contributed by atoms with Gasteiger partial charge in [-0.15, -0.1) is 0 Å². The lowest BCUT2D eigenvalue weighted by molar-refractivity contribution is -0.405. The summed E-state index contributed by atoms with van der Waals surface area (Å²) < 4.78 is 197. The molecular formula is C28H38F12O8. The number of carbonyl (C=O) groups excluding carboxylic acids is 3. The summed E-state index contributed by atoms with van der Waals surface area (Å²) in [6.45, 7) is 9.78. The molecule has 2 unspecified atom stereocenters. The van der Waals surface area contributed by atoms with E-state index < -0.39 is 108 Å². The van der Waals surface area contributed by atoms with E-state index in [0.717, 1.165) is 41.5 Å². The average molecular weight is 731 g/mol. The van der Waals surface area contributed by atoms with Gasteiger partial charge in [-0.05, 0) is 81.1 Å². The standard InChI is InChI=1S/C28H38F12O8/c1-10-22(8,9)17(41)44-16-12-14(23(25(29,30)31,26(32,33)34)47-18(42)45-20(2,3)4)11-15(13-16)24(27(35,36)37,28(38,39)40)48-19(43)46-21(5,6)7/h14-16H,10-13H2,1-9H3. The third kappa shape index (κ3) is 9.44. The van der Waals surface area contributed by atoms with Crippen molar-refractivity contribution in [3.05, 3.63) is 0 Å². The normalized spacial score (nSPS) is 20.9. The minimum absolute atomic E-state index is 0.0982. The Hall–Kier alpha value is -2.83. The van der Waals surface area contributed by atoms with Crippen LogP contribution >= 0.6 is 0 Å². The Bertz CT molecular complexity index is 1060. The van der Waals surface area contributed by atoms with Crippen LogP contribution in [-0.2, 0) is 28.5 Å². The second kappa shape index (κ2) is 13.5. The number of ether oxygens (including phenoxy) is 5. The van der Waals surface area contributed by atoms with Gasteiger partial charge < -0.3 is 23.7 Å². The number of hydrogen-bond acceptors (Lipinski definition) is 8. The topological polar surface area (TPSA) is 97.4 Å². The summed E-state index contributed by atoms with van der Waals surface area (Å²) >= 11 is 0. The molecule has 0 aromatic heterocycles. The second-order valence-corrected chi connectivity index (χ2v) is 14.0. The van der Waals surface area contributed by atoms with Crippen molar-refractivity contribution >= 4 is 18.3 Å². The van der Waals surface area contributed by atoms with E-state index in [1.54, 1.807) is 0 Å². The molecule has 0 saturated heterocycles. The first-order valence-electron chi connectivity index (χ1n) is 14.3. The van der Waals surface area contributed by atoms with E-state index in [9.17, 15) is 67.1 Å². The van der Waals surface area contributed by atoms with Crippen LogP contribution in [0.15, 0.2) is 0 Å². The largest absolute Gasteiger partial charge is 0.510 e. The predicted octanol–water partition coefficient (Wildman–Crippen LogP) is 9.38. The number of esters is 1. The fourth-order valence-electron chi connectivity index (χ4n) is 4.93. The van der Waals surface area contributed by atoms with E-state index in [1.807, 2.05) is 0 Å². The minimum atomic E-state index is -6.77.